The number of halogens is 3. The summed E-state index contributed by atoms with van der Waals surface area (Å²) in [4.78, 5) is 25.0. The van der Waals surface area contributed by atoms with Crippen molar-refractivity contribution < 1.29 is 22.8 Å². The smallest absolute Gasteiger partial charge is 0.353 e. The highest BCUT2D eigenvalue weighted by Crippen LogP contribution is 2.65. The molecule has 0 bridgehead atoms. The predicted molar refractivity (Wildman–Crippen MR) is 112 cm³/mol. The van der Waals surface area contributed by atoms with Crippen molar-refractivity contribution in [2.24, 2.45) is 40.4 Å². The van der Waals surface area contributed by atoms with Crippen LogP contribution in [-0.2, 0) is 9.59 Å². The summed E-state index contributed by atoms with van der Waals surface area (Å²) >= 11 is 0. The third-order valence-electron chi connectivity index (χ3n) is 9.73. The number of hydrogen-bond donors (Lipinski definition) is 2. The number of nitrogens with one attached hydrogen (secondary N) is 2. The number of fused-ring (bicyclic) bond motifs is 5. The number of carbonyl (C=O) groups is 2. The summed E-state index contributed by atoms with van der Waals surface area (Å²) in [5.74, 6) is 0.0929. The van der Waals surface area contributed by atoms with E-state index >= 15 is 0 Å². The molecule has 0 spiro atoms. The molecule has 3 unspecified atom stereocenters. The average Bonchev–Trinajstić information content (AvgIpc) is 3.02. The summed E-state index contributed by atoms with van der Waals surface area (Å²) in [7, 11) is 0. The fourth-order valence-electron chi connectivity index (χ4n) is 8.01. The second-order valence-electron chi connectivity index (χ2n) is 11.5. The van der Waals surface area contributed by atoms with Crippen LogP contribution >= 0.6 is 0 Å². The van der Waals surface area contributed by atoms with Gasteiger partial charge in [-0.3, -0.25) is 9.59 Å². The molecule has 8 atom stereocenters. The van der Waals surface area contributed by atoms with Gasteiger partial charge in [0.1, 0.15) is 6.04 Å². The zero-order chi connectivity index (χ0) is 22.8. The first-order valence-corrected chi connectivity index (χ1v) is 12.0. The maximum absolute atomic E-state index is 13.5. The van der Waals surface area contributed by atoms with Crippen molar-refractivity contribution >= 4 is 11.8 Å². The SMILES string of the molecule is CC(C)C(NC(=O)C1CC[C@H]2[C@@H]3CCC4NC(=O)CC[C@]4(C)[C@@H]3CC[C@]12C)C(F)(F)F. The first-order valence-electron chi connectivity index (χ1n) is 12.0. The van der Waals surface area contributed by atoms with Crippen molar-refractivity contribution in [3.8, 4) is 0 Å². The number of carbonyl (C=O) groups excluding carboxylic acids is 2. The Hall–Kier alpha value is -1.27. The minimum Gasteiger partial charge on any atom is -0.353 e. The van der Waals surface area contributed by atoms with Gasteiger partial charge in [0.15, 0.2) is 0 Å². The molecule has 2 amide bonds. The molecular formula is C24H37F3N2O2. The minimum atomic E-state index is -4.43. The maximum atomic E-state index is 13.5. The summed E-state index contributed by atoms with van der Waals surface area (Å²) in [5, 5.41) is 5.60. The van der Waals surface area contributed by atoms with E-state index in [9.17, 15) is 22.8 Å². The van der Waals surface area contributed by atoms with Gasteiger partial charge < -0.3 is 10.6 Å². The first-order chi connectivity index (χ1) is 14.4. The molecule has 3 saturated carbocycles. The molecule has 3 aliphatic carbocycles. The normalized spacial score (nSPS) is 43.5. The molecule has 1 heterocycles. The second-order valence-corrected chi connectivity index (χ2v) is 11.5. The van der Waals surface area contributed by atoms with Gasteiger partial charge in [0.2, 0.25) is 11.8 Å². The van der Waals surface area contributed by atoms with Crippen molar-refractivity contribution in [2.45, 2.75) is 97.3 Å². The first kappa shape index (κ1) is 22.9. The molecule has 31 heavy (non-hydrogen) atoms. The van der Waals surface area contributed by atoms with E-state index in [1.165, 1.54) is 13.8 Å². The Morgan fingerprint density at radius 3 is 2.35 bits per heavy atom. The number of piperidine rings is 1. The van der Waals surface area contributed by atoms with Gasteiger partial charge in [-0.05, 0) is 79.4 Å². The van der Waals surface area contributed by atoms with E-state index in [1.54, 1.807) is 0 Å². The molecule has 0 radical (unpaired) electrons. The van der Waals surface area contributed by atoms with E-state index in [1.807, 2.05) is 0 Å². The molecule has 4 rings (SSSR count). The number of rotatable bonds is 3. The minimum absolute atomic E-state index is 0.0948. The molecule has 0 aromatic heterocycles. The lowest BCUT2D eigenvalue weighted by molar-refractivity contribution is -0.172. The number of alkyl halides is 3. The Morgan fingerprint density at radius 1 is 1.03 bits per heavy atom. The van der Waals surface area contributed by atoms with Crippen molar-refractivity contribution in [1.82, 2.24) is 10.6 Å². The Bertz CT molecular complexity index is 739. The van der Waals surface area contributed by atoms with E-state index in [-0.39, 0.29) is 28.7 Å². The van der Waals surface area contributed by atoms with Crippen LogP contribution in [0.1, 0.15) is 79.1 Å². The molecule has 0 aromatic rings. The zero-order valence-electron chi connectivity index (χ0n) is 19.1. The Balaban J connectivity index is 1.52. The number of amides is 2. The molecular weight excluding hydrogens is 405 g/mol. The molecule has 176 valence electrons. The van der Waals surface area contributed by atoms with Crippen LogP contribution in [0.2, 0.25) is 0 Å². The van der Waals surface area contributed by atoms with Gasteiger partial charge >= 0.3 is 6.18 Å². The molecule has 2 N–H and O–H groups in total. The highest BCUT2D eigenvalue weighted by atomic mass is 19.4. The fourth-order valence-corrected chi connectivity index (χ4v) is 8.01. The van der Waals surface area contributed by atoms with Crippen molar-refractivity contribution in [3.63, 3.8) is 0 Å². The van der Waals surface area contributed by atoms with E-state index in [2.05, 4.69) is 24.5 Å². The third-order valence-corrected chi connectivity index (χ3v) is 9.73. The van der Waals surface area contributed by atoms with Crippen molar-refractivity contribution in [3.05, 3.63) is 0 Å². The van der Waals surface area contributed by atoms with Crippen LogP contribution in [-0.4, -0.2) is 30.1 Å². The predicted octanol–water partition coefficient (Wildman–Crippen LogP) is 4.83. The molecule has 4 nitrogen and oxygen atoms in total. The Morgan fingerprint density at radius 2 is 1.71 bits per heavy atom. The van der Waals surface area contributed by atoms with E-state index < -0.39 is 24.0 Å². The highest BCUT2D eigenvalue weighted by molar-refractivity contribution is 5.80. The summed E-state index contributed by atoms with van der Waals surface area (Å²) in [6, 6.07) is -1.56. The van der Waals surface area contributed by atoms with Crippen LogP contribution < -0.4 is 10.6 Å². The maximum Gasteiger partial charge on any atom is 0.408 e. The number of hydrogen-bond acceptors (Lipinski definition) is 2. The summed E-state index contributed by atoms with van der Waals surface area (Å²) in [6.07, 6.45) is 2.54. The van der Waals surface area contributed by atoms with Crippen LogP contribution in [0, 0.1) is 40.4 Å². The highest BCUT2D eigenvalue weighted by Gasteiger charge is 2.61. The zero-order valence-corrected chi connectivity index (χ0v) is 19.1. The van der Waals surface area contributed by atoms with Crippen LogP contribution in [0.3, 0.4) is 0 Å². The topological polar surface area (TPSA) is 58.2 Å². The molecule has 1 saturated heterocycles. The van der Waals surface area contributed by atoms with Crippen LogP contribution in [0.5, 0.6) is 0 Å². The fraction of sp³-hybridized carbons (Fsp3) is 0.917. The third kappa shape index (κ3) is 3.68. The standard InChI is InChI=1S/C24H37F3N2O2/c1-13(2)20(24(25,26)27)29-21(31)17-7-6-15-14-5-8-18-23(4,12-10-19(30)28-18)16(14)9-11-22(15,17)3/h13-18,20H,5-12H2,1-4H3,(H,28,30)(H,29,31)/t14-,15-,16+,17?,18?,20?,22-,23+/m0/s1. The van der Waals surface area contributed by atoms with E-state index in [0.29, 0.717) is 30.6 Å². The second kappa shape index (κ2) is 7.65. The quantitative estimate of drug-likeness (QED) is 0.658. The van der Waals surface area contributed by atoms with E-state index in [4.69, 9.17) is 0 Å². The lowest BCUT2D eigenvalue weighted by atomic mass is 9.47. The summed E-state index contributed by atoms with van der Waals surface area (Å²) in [6.45, 7) is 7.49. The van der Waals surface area contributed by atoms with E-state index in [0.717, 1.165) is 38.5 Å². The van der Waals surface area contributed by atoms with Gasteiger partial charge in [0.05, 0.1) is 0 Å². The molecule has 1 aliphatic heterocycles. The van der Waals surface area contributed by atoms with Gasteiger partial charge in [0, 0.05) is 18.4 Å². The lowest BCUT2D eigenvalue weighted by Crippen LogP contribution is -2.61. The van der Waals surface area contributed by atoms with Gasteiger partial charge in [-0.15, -0.1) is 0 Å². The Labute approximate surface area is 183 Å². The van der Waals surface area contributed by atoms with Gasteiger partial charge in [0.25, 0.3) is 0 Å². The van der Waals surface area contributed by atoms with Gasteiger partial charge in [-0.1, -0.05) is 27.7 Å². The summed E-state index contributed by atoms with van der Waals surface area (Å²) < 4.78 is 40.4. The molecule has 4 fully saturated rings. The lowest BCUT2D eigenvalue weighted by Gasteiger charge is -2.60. The van der Waals surface area contributed by atoms with Gasteiger partial charge in [-0.25, -0.2) is 0 Å². The van der Waals surface area contributed by atoms with Crippen molar-refractivity contribution in [2.75, 3.05) is 0 Å². The van der Waals surface area contributed by atoms with Crippen LogP contribution in [0.25, 0.3) is 0 Å². The van der Waals surface area contributed by atoms with Crippen molar-refractivity contribution in [1.29, 1.82) is 0 Å². The monoisotopic (exact) mass is 442 g/mol. The van der Waals surface area contributed by atoms with Crippen LogP contribution in [0.15, 0.2) is 0 Å². The van der Waals surface area contributed by atoms with Gasteiger partial charge in [-0.2, -0.15) is 13.2 Å². The van der Waals surface area contributed by atoms with Crippen LogP contribution in [0.4, 0.5) is 13.2 Å². The summed E-state index contributed by atoms with van der Waals surface area (Å²) in [5.41, 5.74) is -0.142. The molecule has 0 aromatic carbocycles. The molecule has 7 heteroatoms. The average molecular weight is 443 g/mol. The largest absolute Gasteiger partial charge is 0.408 e. The molecule has 4 aliphatic rings. The Kier molecular flexibility index (Phi) is 5.65.